The number of likely N-dealkylation sites (tertiary alicyclic amines) is 1. The minimum Gasteiger partial charge on any atom is -0.369 e. The van der Waals surface area contributed by atoms with Crippen molar-refractivity contribution in [2.75, 3.05) is 18.4 Å². The molecular weight excluding hydrogens is 602 g/mol. The Morgan fingerprint density at radius 1 is 1.20 bits per heavy atom. The second-order valence-corrected chi connectivity index (χ2v) is 13.1. The minimum absolute atomic E-state index is 0.0278. The summed E-state index contributed by atoms with van der Waals surface area (Å²) in [5.74, 6) is -4.33. The fraction of sp³-hybridized carbons (Fsp3) is 0.516. The van der Waals surface area contributed by atoms with Crippen molar-refractivity contribution < 1.29 is 26.3 Å². The Morgan fingerprint density at radius 3 is 2.34 bits per heavy atom. The van der Waals surface area contributed by atoms with Crippen LogP contribution >= 0.6 is 12.6 Å². The predicted octanol–water partition coefficient (Wildman–Crippen LogP) is 8.66. The zero-order chi connectivity index (χ0) is 33.1. The average molecular weight is 643 g/mol. The number of nitrogens with one attached hydrogen (secondary N) is 1. The first-order chi connectivity index (χ1) is 20.3. The van der Waals surface area contributed by atoms with Crippen LogP contribution in [0.3, 0.4) is 0 Å². The van der Waals surface area contributed by atoms with Crippen molar-refractivity contribution >= 4 is 35.5 Å². The Labute approximate surface area is 260 Å². The van der Waals surface area contributed by atoms with E-state index in [1.54, 1.807) is 38.7 Å². The van der Waals surface area contributed by atoms with Crippen LogP contribution in [0.15, 0.2) is 35.6 Å². The number of aryl methyl sites for hydroxylation is 1. The smallest absolute Gasteiger partial charge is 0.284 e. The number of nitrogens with zero attached hydrogens (tertiary/aromatic N) is 5. The number of rotatable bonds is 8. The zero-order valence-electron chi connectivity index (χ0n) is 26.1. The van der Waals surface area contributed by atoms with Gasteiger partial charge in [0.25, 0.3) is 5.92 Å². The molecule has 1 fully saturated rings. The summed E-state index contributed by atoms with van der Waals surface area (Å²) in [5, 5.41) is 7.13. The lowest BCUT2D eigenvalue weighted by Crippen LogP contribution is -2.54. The van der Waals surface area contributed by atoms with Gasteiger partial charge >= 0.3 is 0 Å². The number of aliphatic imine (C=N–C) groups is 1. The molecule has 1 aliphatic rings. The van der Waals surface area contributed by atoms with Crippen molar-refractivity contribution in [3.8, 4) is 11.1 Å². The van der Waals surface area contributed by atoms with Gasteiger partial charge < -0.3 is 10.2 Å². The summed E-state index contributed by atoms with van der Waals surface area (Å²) in [6.07, 6.45) is -0.569. The largest absolute Gasteiger partial charge is 0.369 e. The molecule has 1 atom stereocenters. The lowest BCUT2D eigenvalue weighted by Gasteiger charge is -2.39. The van der Waals surface area contributed by atoms with Gasteiger partial charge in [-0.05, 0) is 57.4 Å². The van der Waals surface area contributed by atoms with Gasteiger partial charge in [0.15, 0.2) is 5.82 Å². The first kappa shape index (κ1) is 35.3. The summed E-state index contributed by atoms with van der Waals surface area (Å²) in [5.41, 5.74) is 3.16. The topological polar surface area (TPSA) is 57.8 Å². The second-order valence-electron chi connectivity index (χ2n) is 11.9. The van der Waals surface area contributed by atoms with Gasteiger partial charge in [0.05, 0.1) is 30.0 Å². The van der Waals surface area contributed by atoms with E-state index in [9.17, 15) is 8.78 Å². The van der Waals surface area contributed by atoms with Crippen LogP contribution < -0.4 is 5.32 Å². The number of allylic oxidation sites excluding steroid dienone is 1. The average Bonchev–Trinajstić information content (AvgIpc) is 3.22. The van der Waals surface area contributed by atoms with Gasteiger partial charge in [-0.25, -0.2) is 35.8 Å². The SMILES string of the molecule is C=C(C)N1CCC(Nc2nc(CC(C)(C)S)c3c(-c4cc(C)c(N=C(C)C)c(F)c4)c(F)cn3n2)C(F)(F)C1.CCC(F)F. The van der Waals surface area contributed by atoms with Crippen LogP contribution in [0.25, 0.3) is 16.6 Å². The Kier molecular flexibility index (Phi) is 11.1. The standard InChI is InChI=1S/C28H34F4N6S.C3H6F2/c1-15(2)33-24-17(5)10-18(11-19(24)29)23-20(30)13-38-25(23)21(12-27(6,7)39)34-26(36-38)35-22-8-9-37(16(3)4)14-28(22,31)32;1-2-3(4)5/h10-11,13,22,39H,3,8-9,12,14H2,1-2,4-7H3,(H,35,36);3H,2H2,1H3. The normalized spacial score (nSPS) is 16.5. The quantitative estimate of drug-likeness (QED) is 0.147. The van der Waals surface area contributed by atoms with Crippen molar-refractivity contribution in [1.29, 1.82) is 0 Å². The third-order valence-electron chi connectivity index (χ3n) is 6.89. The molecule has 0 spiro atoms. The van der Waals surface area contributed by atoms with Crippen LogP contribution in [0.2, 0.25) is 0 Å². The molecule has 0 bridgehead atoms. The highest BCUT2D eigenvalue weighted by Crippen LogP contribution is 2.37. The van der Waals surface area contributed by atoms with Gasteiger partial charge in [0, 0.05) is 41.1 Å². The molecule has 1 aliphatic heterocycles. The molecule has 1 saturated heterocycles. The highest BCUT2D eigenvalue weighted by atomic mass is 32.1. The van der Waals surface area contributed by atoms with Crippen LogP contribution in [0.5, 0.6) is 0 Å². The summed E-state index contributed by atoms with van der Waals surface area (Å²) in [7, 11) is 0. The number of anilines is 1. The van der Waals surface area contributed by atoms with E-state index in [0.29, 0.717) is 40.3 Å². The number of halogens is 6. The van der Waals surface area contributed by atoms with E-state index < -0.39 is 41.3 Å². The molecule has 1 N–H and O–H groups in total. The molecule has 0 saturated carbocycles. The number of piperidine rings is 1. The van der Waals surface area contributed by atoms with E-state index >= 15 is 17.6 Å². The monoisotopic (exact) mass is 642 g/mol. The van der Waals surface area contributed by atoms with Gasteiger partial charge in [-0.1, -0.05) is 27.4 Å². The molecule has 6 nitrogen and oxygen atoms in total. The number of hydrogen-bond donors (Lipinski definition) is 2. The molecule has 1 aromatic carbocycles. The molecule has 1 unspecified atom stereocenters. The molecule has 2 aromatic heterocycles. The summed E-state index contributed by atoms with van der Waals surface area (Å²) in [4.78, 5) is 10.4. The van der Waals surface area contributed by atoms with Crippen molar-refractivity contribution in [3.63, 3.8) is 0 Å². The highest BCUT2D eigenvalue weighted by Gasteiger charge is 2.45. The molecule has 242 valence electrons. The van der Waals surface area contributed by atoms with E-state index in [1.807, 2.05) is 13.8 Å². The summed E-state index contributed by atoms with van der Waals surface area (Å²) in [6.45, 7) is 15.8. The lowest BCUT2D eigenvalue weighted by atomic mass is 9.99. The van der Waals surface area contributed by atoms with E-state index in [1.165, 1.54) is 17.5 Å². The fourth-order valence-electron chi connectivity index (χ4n) is 4.84. The Balaban J connectivity index is 0.000000978. The molecule has 0 aliphatic carbocycles. The molecular formula is C31H40F6N6S. The van der Waals surface area contributed by atoms with Crippen molar-refractivity contribution in [2.24, 2.45) is 4.99 Å². The van der Waals surface area contributed by atoms with Crippen LogP contribution in [0.1, 0.15) is 65.6 Å². The Hall–Kier alpha value is -3.22. The molecule has 3 heterocycles. The molecule has 0 radical (unpaired) electrons. The molecule has 4 rings (SSSR count). The maximum absolute atomic E-state index is 15.5. The first-order valence-electron chi connectivity index (χ1n) is 14.3. The number of benzene rings is 1. The molecule has 44 heavy (non-hydrogen) atoms. The number of aromatic nitrogens is 3. The number of alkyl halides is 4. The molecule has 13 heteroatoms. The van der Waals surface area contributed by atoms with Crippen LogP contribution in [0, 0.1) is 18.6 Å². The van der Waals surface area contributed by atoms with Crippen molar-refractivity contribution in [2.45, 2.75) is 90.9 Å². The van der Waals surface area contributed by atoms with E-state index in [2.05, 4.69) is 39.6 Å². The molecule has 3 aromatic rings. The summed E-state index contributed by atoms with van der Waals surface area (Å²) < 4.78 is 82.8. The lowest BCUT2D eigenvalue weighted by molar-refractivity contribution is -0.0653. The fourth-order valence-corrected chi connectivity index (χ4v) is 4.99. The van der Waals surface area contributed by atoms with Crippen LogP contribution in [-0.4, -0.2) is 61.4 Å². The van der Waals surface area contributed by atoms with Gasteiger partial charge in [-0.3, -0.25) is 4.99 Å². The molecule has 0 amide bonds. The second kappa shape index (κ2) is 13.8. The first-order valence-corrected chi connectivity index (χ1v) is 14.7. The zero-order valence-corrected chi connectivity index (χ0v) is 27.0. The third kappa shape index (κ3) is 8.70. The summed E-state index contributed by atoms with van der Waals surface area (Å²) in [6, 6.07) is 1.69. The summed E-state index contributed by atoms with van der Waals surface area (Å²) >= 11 is 4.63. The van der Waals surface area contributed by atoms with E-state index in [-0.39, 0.29) is 36.5 Å². The van der Waals surface area contributed by atoms with Gasteiger partial charge in [-0.2, -0.15) is 12.6 Å². The van der Waals surface area contributed by atoms with Crippen molar-refractivity contribution in [3.05, 3.63) is 53.5 Å². The number of thiol groups is 1. The Bertz CT molecular complexity index is 1500. The number of hydrogen-bond acceptors (Lipinski definition) is 6. The van der Waals surface area contributed by atoms with Gasteiger partial charge in [0.2, 0.25) is 12.4 Å². The van der Waals surface area contributed by atoms with Crippen LogP contribution in [0.4, 0.5) is 38.0 Å². The van der Waals surface area contributed by atoms with Gasteiger partial charge in [0.1, 0.15) is 11.5 Å². The maximum atomic E-state index is 15.5. The Morgan fingerprint density at radius 2 is 1.84 bits per heavy atom. The van der Waals surface area contributed by atoms with Crippen molar-refractivity contribution in [1.82, 2.24) is 19.5 Å². The van der Waals surface area contributed by atoms with E-state index in [0.717, 1.165) is 6.20 Å². The third-order valence-corrected chi connectivity index (χ3v) is 7.04. The van der Waals surface area contributed by atoms with Gasteiger partial charge in [-0.15, -0.1) is 5.10 Å². The maximum Gasteiger partial charge on any atom is 0.284 e. The predicted molar refractivity (Wildman–Crippen MR) is 168 cm³/mol. The highest BCUT2D eigenvalue weighted by molar-refractivity contribution is 7.81. The minimum atomic E-state index is -3.07. The van der Waals surface area contributed by atoms with Crippen LogP contribution in [-0.2, 0) is 6.42 Å². The van der Waals surface area contributed by atoms with E-state index in [4.69, 9.17) is 0 Å². The number of fused-ring (bicyclic) bond motifs is 1.